The Morgan fingerprint density at radius 2 is 1.65 bits per heavy atom. The summed E-state index contributed by atoms with van der Waals surface area (Å²) in [5, 5.41) is 9.45. The highest BCUT2D eigenvalue weighted by molar-refractivity contribution is 5.96. The molecule has 11 heteroatoms. The fraction of sp³-hybridized carbons (Fsp3) is 0.207. The lowest BCUT2D eigenvalue weighted by Gasteiger charge is -2.34. The molecule has 0 radical (unpaired) electrons. The van der Waals surface area contributed by atoms with Crippen LogP contribution in [0.1, 0.15) is 26.4 Å². The third-order valence-electron chi connectivity index (χ3n) is 6.89. The van der Waals surface area contributed by atoms with Crippen LogP contribution in [0.5, 0.6) is 0 Å². The fourth-order valence-electron chi connectivity index (χ4n) is 4.79. The number of hydrogen-bond donors (Lipinski definition) is 0. The lowest BCUT2D eigenvalue weighted by Crippen LogP contribution is -2.51. The highest BCUT2D eigenvalue weighted by Gasteiger charge is 2.25. The first-order valence-corrected chi connectivity index (χ1v) is 13.0. The number of carbonyl (C=O) groups excluding carboxylic acids is 3. The third-order valence-corrected chi connectivity index (χ3v) is 6.89. The maximum atomic E-state index is 13.0. The molecule has 0 aliphatic carbocycles. The lowest BCUT2D eigenvalue weighted by molar-refractivity contribution is -0.133. The Kier molecular flexibility index (Phi) is 6.84. The molecule has 1 fully saturated rings. The predicted octanol–water partition coefficient (Wildman–Crippen LogP) is 2.42. The molecule has 0 spiro atoms. The summed E-state index contributed by atoms with van der Waals surface area (Å²) in [5.41, 5.74) is 2.58. The summed E-state index contributed by atoms with van der Waals surface area (Å²) >= 11 is 0. The number of pyridine rings is 1. The number of ketones is 1. The van der Waals surface area contributed by atoms with Crippen LogP contribution in [0.15, 0.2) is 85.6 Å². The van der Waals surface area contributed by atoms with Gasteiger partial charge in [0.1, 0.15) is 24.9 Å². The van der Waals surface area contributed by atoms with Crippen molar-refractivity contribution < 1.29 is 14.4 Å². The fourth-order valence-corrected chi connectivity index (χ4v) is 4.79. The van der Waals surface area contributed by atoms with Gasteiger partial charge in [0.25, 0.3) is 5.91 Å². The van der Waals surface area contributed by atoms with Crippen molar-refractivity contribution in [3.63, 3.8) is 0 Å². The molecule has 4 heterocycles. The average Bonchev–Trinajstić information content (AvgIpc) is 3.67. The topological polar surface area (TPSA) is 119 Å². The van der Waals surface area contributed by atoms with Crippen LogP contribution >= 0.6 is 0 Å². The molecule has 0 N–H and O–H groups in total. The second-order valence-electron chi connectivity index (χ2n) is 9.58. The summed E-state index contributed by atoms with van der Waals surface area (Å²) in [4.78, 5) is 50.5. The van der Waals surface area contributed by atoms with E-state index in [-0.39, 0.29) is 30.6 Å². The van der Waals surface area contributed by atoms with E-state index in [1.54, 1.807) is 44.8 Å². The minimum Gasteiger partial charge on any atom is -0.338 e. The average molecular weight is 535 g/mol. The number of carbonyl (C=O) groups is 3. The second-order valence-corrected chi connectivity index (χ2v) is 9.58. The Hall–Kier alpha value is -5.19. The van der Waals surface area contributed by atoms with Crippen molar-refractivity contribution in [3.8, 4) is 5.82 Å². The SMILES string of the molecule is O=C(Cc1ccc2nn(CC(=O)N3CCN(C(=O)c4ccccc4)CC3)cc2c1)c1cccc(-n2cncn2)n1. The minimum absolute atomic E-state index is 0.0148. The van der Waals surface area contributed by atoms with Crippen LogP contribution in [0, 0.1) is 0 Å². The zero-order chi connectivity index (χ0) is 27.5. The Morgan fingerprint density at radius 1 is 0.850 bits per heavy atom. The largest absolute Gasteiger partial charge is 0.338 e. The molecule has 1 saturated heterocycles. The molecule has 5 aromatic rings. The summed E-state index contributed by atoms with van der Waals surface area (Å²) in [6.45, 7) is 2.06. The predicted molar refractivity (Wildman–Crippen MR) is 146 cm³/mol. The number of piperazine rings is 1. The first-order chi connectivity index (χ1) is 19.5. The number of nitrogens with zero attached hydrogens (tertiary/aromatic N) is 8. The van der Waals surface area contributed by atoms with Crippen molar-refractivity contribution in [2.45, 2.75) is 13.0 Å². The van der Waals surface area contributed by atoms with E-state index in [4.69, 9.17) is 0 Å². The maximum absolute atomic E-state index is 13.0. The normalized spacial score (nSPS) is 13.5. The number of hydrogen-bond acceptors (Lipinski definition) is 7. The summed E-state index contributed by atoms with van der Waals surface area (Å²) in [6.07, 6.45) is 4.94. The number of amides is 2. The molecule has 1 aliphatic rings. The van der Waals surface area contributed by atoms with Gasteiger partial charge < -0.3 is 9.80 Å². The Bertz CT molecular complexity index is 1670. The minimum atomic E-state index is -0.117. The molecule has 1 aliphatic heterocycles. The summed E-state index contributed by atoms with van der Waals surface area (Å²) < 4.78 is 3.13. The highest BCUT2D eigenvalue weighted by atomic mass is 16.2. The first kappa shape index (κ1) is 25.1. The van der Waals surface area contributed by atoms with E-state index in [9.17, 15) is 14.4 Å². The van der Waals surface area contributed by atoms with Gasteiger partial charge in [-0.1, -0.05) is 30.3 Å². The van der Waals surface area contributed by atoms with Crippen molar-refractivity contribution in [2.75, 3.05) is 26.2 Å². The van der Waals surface area contributed by atoms with E-state index in [2.05, 4.69) is 20.2 Å². The number of Topliss-reactive ketones (excluding diaryl/α,β-unsaturated/α-hetero) is 1. The van der Waals surface area contributed by atoms with E-state index < -0.39 is 0 Å². The highest BCUT2D eigenvalue weighted by Crippen LogP contribution is 2.17. The van der Waals surface area contributed by atoms with Crippen molar-refractivity contribution in [3.05, 3.63) is 102 Å². The second kappa shape index (κ2) is 10.9. The molecule has 2 aromatic carbocycles. The number of aromatic nitrogens is 6. The van der Waals surface area contributed by atoms with Gasteiger partial charge in [-0.25, -0.2) is 14.6 Å². The van der Waals surface area contributed by atoms with Gasteiger partial charge >= 0.3 is 0 Å². The molecule has 0 bridgehead atoms. The quantitative estimate of drug-likeness (QED) is 0.294. The van der Waals surface area contributed by atoms with Gasteiger partial charge in [0.2, 0.25) is 5.91 Å². The molecule has 0 atom stereocenters. The van der Waals surface area contributed by atoms with Crippen molar-refractivity contribution in [1.82, 2.24) is 39.3 Å². The summed E-state index contributed by atoms with van der Waals surface area (Å²) in [7, 11) is 0. The molecule has 0 unspecified atom stereocenters. The molecule has 3 aromatic heterocycles. The van der Waals surface area contributed by atoms with Crippen molar-refractivity contribution in [2.24, 2.45) is 0 Å². The van der Waals surface area contributed by atoms with E-state index in [0.717, 1.165) is 16.5 Å². The van der Waals surface area contributed by atoms with Crippen LogP contribution < -0.4 is 0 Å². The van der Waals surface area contributed by atoms with Gasteiger partial charge in [0.15, 0.2) is 11.6 Å². The lowest BCUT2D eigenvalue weighted by atomic mass is 10.1. The van der Waals surface area contributed by atoms with Crippen LogP contribution in [0.4, 0.5) is 0 Å². The van der Waals surface area contributed by atoms with Gasteiger partial charge in [0.05, 0.1) is 5.52 Å². The van der Waals surface area contributed by atoms with Crippen LogP contribution in [0.3, 0.4) is 0 Å². The van der Waals surface area contributed by atoms with E-state index in [1.807, 2.05) is 42.6 Å². The van der Waals surface area contributed by atoms with Crippen LogP contribution in [-0.2, 0) is 17.8 Å². The van der Waals surface area contributed by atoms with Gasteiger partial charge in [-0.05, 0) is 42.0 Å². The van der Waals surface area contributed by atoms with Crippen LogP contribution in [0.25, 0.3) is 16.7 Å². The first-order valence-electron chi connectivity index (χ1n) is 13.0. The van der Waals surface area contributed by atoms with Gasteiger partial charge in [-0.2, -0.15) is 10.2 Å². The number of rotatable bonds is 7. The zero-order valence-electron chi connectivity index (χ0n) is 21.6. The number of fused-ring (bicyclic) bond motifs is 1. The third kappa shape index (κ3) is 5.35. The molecule has 200 valence electrons. The number of benzene rings is 2. The Labute approximate surface area is 229 Å². The standard InChI is InChI=1S/C29H26N8O3/c38-26(25-7-4-8-27(32-25)37-20-30-19-31-37)16-21-9-10-24-23(15-21)17-36(33-24)18-28(39)34-11-13-35(14-12-34)29(40)22-5-2-1-3-6-22/h1-10,15,17,19-20H,11-14,16,18H2. The van der Waals surface area contributed by atoms with Crippen molar-refractivity contribution in [1.29, 1.82) is 0 Å². The zero-order valence-corrected chi connectivity index (χ0v) is 21.6. The molecular weight excluding hydrogens is 508 g/mol. The monoisotopic (exact) mass is 534 g/mol. The van der Waals surface area contributed by atoms with Gasteiger partial charge in [-0.3, -0.25) is 19.1 Å². The van der Waals surface area contributed by atoms with Gasteiger partial charge in [0, 0.05) is 49.7 Å². The van der Waals surface area contributed by atoms with Crippen molar-refractivity contribution >= 4 is 28.5 Å². The van der Waals surface area contributed by atoms with E-state index >= 15 is 0 Å². The molecule has 6 rings (SSSR count). The smallest absolute Gasteiger partial charge is 0.253 e. The molecule has 11 nitrogen and oxygen atoms in total. The van der Waals surface area contributed by atoms with Crippen LogP contribution in [0.2, 0.25) is 0 Å². The molecule has 2 amide bonds. The van der Waals surface area contributed by atoms with E-state index in [0.29, 0.717) is 43.3 Å². The Balaban J connectivity index is 1.07. The summed E-state index contributed by atoms with van der Waals surface area (Å²) in [6, 6.07) is 20.0. The van der Waals surface area contributed by atoms with Gasteiger partial charge in [-0.15, -0.1) is 0 Å². The Morgan fingerprint density at radius 3 is 2.42 bits per heavy atom. The maximum Gasteiger partial charge on any atom is 0.253 e. The molecular formula is C29H26N8O3. The molecule has 0 saturated carbocycles. The van der Waals surface area contributed by atoms with Crippen LogP contribution in [-0.4, -0.2) is 83.1 Å². The van der Waals surface area contributed by atoms with E-state index in [1.165, 1.54) is 17.3 Å². The summed E-state index contributed by atoms with van der Waals surface area (Å²) in [5.74, 6) is 0.343. The molecule has 40 heavy (non-hydrogen) atoms.